The van der Waals surface area contributed by atoms with Crippen molar-refractivity contribution in [3.05, 3.63) is 30.0 Å². The van der Waals surface area contributed by atoms with E-state index in [1.54, 1.807) is 13.1 Å². The van der Waals surface area contributed by atoms with Crippen LogP contribution in [0.3, 0.4) is 0 Å². The molecule has 0 spiro atoms. The molecule has 1 amide bonds. The Kier molecular flexibility index (Phi) is 3.27. The first-order valence-corrected chi connectivity index (χ1v) is 6.66. The molecule has 1 aliphatic rings. The second-order valence-electron chi connectivity index (χ2n) is 5.34. The number of halogens is 2. The second-order valence-corrected chi connectivity index (χ2v) is 5.34. The van der Waals surface area contributed by atoms with Gasteiger partial charge in [-0.1, -0.05) is 0 Å². The summed E-state index contributed by atoms with van der Waals surface area (Å²) in [6.45, 7) is 1.79. The molecule has 0 radical (unpaired) electrons. The van der Waals surface area contributed by atoms with E-state index in [4.69, 9.17) is 5.73 Å². The van der Waals surface area contributed by atoms with Crippen molar-refractivity contribution in [1.29, 1.82) is 0 Å². The predicted octanol–water partition coefficient (Wildman–Crippen LogP) is 1.28. The zero-order valence-corrected chi connectivity index (χ0v) is 11.8. The topological polar surface area (TPSA) is 98.7 Å². The van der Waals surface area contributed by atoms with Crippen molar-refractivity contribution in [2.75, 3.05) is 5.32 Å². The van der Waals surface area contributed by atoms with E-state index in [1.807, 2.05) is 0 Å². The Hall–Kier alpha value is -2.58. The number of anilines is 1. The number of nitrogens with two attached hydrogens (primary N) is 1. The fourth-order valence-corrected chi connectivity index (χ4v) is 2.28. The third-order valence-corrected chi connectivity index (χ3v) is 3.45. The van der Waals surface area contributed by atoms with Gasteiger partial charge in [0.2, 0.25) is 5.95 Å². The van der Waals surface area contributed by atoms with Crippen molar-refractivity contribution in [1.82, 2.24) is 19.5 Å². The van der Waals surface area contributed by atoms with Crippen LogP contribution in [0.5, 0.6) is 0 Å². The molecule has 3 N–H and O–H groups in total. The summed E-state index contributed by atoms with van der Waals surface area (Å²) in [5, 5.41) is 2.87. The van der Waals surface area contributed by atoms with Crippen LogP contribution in [0.25, 0.3) is 5.82 Å². The number of aromatic nitrogens is 4. The molecule has 0 bridgehead atoms. The van der Waals surface area contributed by atoms with Gasteiger partial charge in [-0.2, -0.15) is 4.98 Å². The van der Waals surface area contributed by atoms with Crippen LogP contribution < -0.4 is 11.1 Å². The number of imidazole rings is 1. The lowest BCUT2D eigenvalue weighted by Gasteiger charge is -2.35. The maximum absolute atomic E-state index is 12.8. The van der Waals surface area contributed by atoms with Crippen molar-refractivity contribution in [3.8, 4) is 5.82 Å². The largest absolute Gasteiger partial charge is 0.364 e. The van der Waals surface area contributed by atoms with E-state index in [0.29, 0.717) is 5.82 Å². The summed E-state index contributed by atoms with van der Waals surface area (Å²) in [4.78, 5) is 23.3. The first-order chi connectivity index (χ1) is 10.3. The molecule has 0 aliphatic heterocycles. The van der Waals surface area contributed by atoms with E-state index < -0.39 is 11.8 Å². The van der Waals surface area contributed by atoms with Gasteiger partial charge >= 0.3 is 0 Å². The molecule has 0 saturated heterocycles. The lowest BCUT2D eigenvalue weighted by atomic mass is 9.88. The SMILES string of the molecule is Cc1cnc(NC2CC(F)(F)C2)nc1-n1cnc(C(N)=O)c1. The number of carbonyl (C=O) groups excluding carboxylic acids is 1. The number of nitrogens with zero attached hydrogens (tertiary/aromatic N) is 4. The van der Waals surface area contributed by atoms with Crippen molar-refractivity contribution in [3.63, 3.8) is 0 Å². The van der Waals surface area contributed by atoms with Gasteiger partial charge in [0.15, 0.2) is 0 Å². The third kappa shape index (κ3) is 2.74. The number of hydrogen-bond acceptors (Lipinski definition) is 5. The molecule has 2 aromatic heterocycles. The monoisotopic (exact) mass is 308 g/mol. The number of primary amides is 1. The molecule has 9 heteroatoms. The van der Waals surface area contributed by atoms with Gasteiger partial charge in [-0.25, -0.2) is 18.7 Å². The lowest BCUT2D eigenvalue weighted by molar-refractivity contribution is -0.0794. The standard InChI is InChI=1S/C13H14F2N6O/c1-7-4-17-12(19-8-2-13(14,15)3-8)20-11(7)21-5-9(10(16)22)18-6-21/h4-6,8H,2-3H2,1H3,(H2,16,22)(H,17,19,20). The predicted molar refractivity (Wildman–Crippen MR) is 74.0 cm³/mol. The van der Waals surface area contributed by atoms with Crippen molar-refractivity contribution in [2.45, 2.75) is 31.7 Å². The van der Waals surface area contributed by atoms with Crippen LogP contribution in [0.4, 0.5) is 14.7 Å². The molecule has 0 atom stereocenters. The molecule has 3 rings (SSSR count). The Bertz CT molecular complexity index is 721. The molecule has 7 nitrogen and oxygen atoms in total. The maximum atomic E-state index is 12.8. The Morgan fingerprint density at radius 1 is 1.45 bits per heavy atom. The van der Waals surface area contributed by atoms with Crippen molar-refractivity contribution in [2.24, 2.45) is 5.73 Å². The molecular weight excluding hydrogens is 294 g/mol. The average molecular weight is 308 g/mol. The minimum absolute atomic E-state index is 0.117. The first-order valence-electron chi connectivity index (χ1n) is 6.66. The Morgan fingerprint density at radius 3 is 2.77 bits per heavy atom. The quantitative estimate of drug-likeness (QED) is 0.886. The molecular formula is C13H14F2N6O. The number of amides is 1. The van der Waals surface area contributed by atoms with E-state index in [-0.39, 0.29) is 30.5 Å². The first kappa shape index (κ1) is 14.4. The highest BCUT2D eigenvalue weighted by Gasteiger charge is 2.45. The van der Waals surface area contributed by atoms with E-state index >= 15 is 0 Å². The second kappa shape index (κ2) is 5.00. The molecule has 0 aromatic carbocycles. The van der Waals surface area contributed by atoms with E-state index in [9.17, 15) is 13.6 Å². The summed E-state index contributed by atoms with van der Waals surface area (Å²) in [5.41, 5.74) is 6.02. The summed E-state index contributed by atoms with van der Waals surface area (Å²) in [6.07, 6.45) is 3.99. The van der Waals surface area contributed by atoms with Crippen LogP contribution in [0.2, 0.25) is 0 Å². The van der Waals surface area contributed by atoms with E-state index in [0.717, 1.165) is 5.56 Å². The Morgan fingerprint density at radius 2 is 2.18 bits per heavy atom. The van der Waals surface area contributed by atoms with Gasteiger partial charge in [-0.05, 0) is 6.92 Å². The van der Waals surface area contributed by atoms with Gasteiger partial charge in [0.25, 0.3) is 11.8 Å². The van der Waals surface area contributed by atoms with Crippen LogP contribution >= 0.6 is 0 Å². The smallest absolute Gasteiger partial charge is 0.268 e. The van der Waals surface area contributed by atoms with Crippen LogP contribution in [0, 0.1) is 6.92 Å². The summed E-state index contributed by atoms with van der Waals surface area (Å²) >= 11 is 0. The minimum Gasteiger partial charge on any atom is -0.364 e. The molecule has 1 fully saturated rings. The number of carbonyl (C=O) groups is 1. The molecule has 1 aliphatic carbocycles. The normalized spacial score (nSPS) is 17.0. The highest BCUT2D eigenvalue weighted by molar-refractivity contribution is 5.90. The zero-order valence-electron chi connectivity index (χ0n) is 11.8. The number of hydrogen-bond donors (Lipinski definition) is 2. The molecule has 116 valence electrons. The van der Waals surface area contributed by atoms with Gasteiger partial charge in [0, 0.05) is 36.8 Å². The molecule has 1 saturated carbocycles. The summed E-state index contributed by atoms with van der Waals surface area (Å²) < 4.78 is 27.2. The summed E-state index contributed by atoms with van der Waals surface area (Å²) in [7, 11) is 0. The zero-order chi connectivity index (χ0) is 15.9. The highest BCUT2D eigenvalue weighted by Crippen LogP contribution is 2.38. The van der Waals surface area contributed by atoms with Gasteiger partial charge in [0.1, 0.15) is 17.8 Å². The van der Waals surface area contributed by atoms with Gasteiger partial charge in [0.05, 0.1) is 0 Å². The summed E-state index contributed by atoms with van der Waals surface area (Å²) in [6, 6.07) is -0.338. The maximum Gasteiger partial charge on any atom is 0.268 e. The fourth-order valence-electron chi connectivity index (χ4n) is 2.28. The fraction of sp³-hybridized carbons (Fsp3) is 0.385. The number of alkyl halides is 2. The number of nitrogens with one attached hydrogen (secondary N) is 1. The van der Waals surface area contributed by atoms with Gasteiger partial charge < -0.3 is 11.1 Å². The van der Waals surface area contributed by atoms with E-state index in [1.165, 1.54) is 17.1 Å². The van der Waals surface area contributed by atoms with Gasteiger partial charge in [-0.15, -0.1) is 0 Å². The average Bonchev–Trinajstić information content (AvgIpc) is 2.88. The number of aryl methyl sites for hydroxylation is 1. The van der Waals surface area contributed by atoms with Crippen LogP contribution in [0.15, 0.2) is 18.7 Å². The van der Waals surface area contributed by atoms with Gasteiger partial charge in [-0.3, -0.25) is 9.36 Å². The van der Waals surface area contributed by atoms with Crippen molar-refractivity contribution >= 4 is 11.9 Å². The highest BCUT2D eigenvalue weighted by atomic mass is 19.3. The molecule has 2 heterocycles. The number of rotatable bonds is 4. The summed E-state index contributed by atoms with van der Waals surface area (Å²) in [5.74, 6) is -2.48. The molecule has 2 aromatic rings. The minimum atomic E-state index is -2.61. The Labute approximate surface area is 124 Å². The van der Waals surface area contributed by atoms with Crippen LogP contribution in [-0.2, 0) is 0 Å². The van der Waals surface area contributed by atoms with Crippen LogP contribution in [0.1, 0.15) is 28.9 Å². The van der Waals surface area contributed by atoms with Crippen molar-refractivity contribution < 1.29 is 13.6 Å². The molecule has 22 heavy (non-hydrogen) atoms. The third-order valence-electron chi connectivity index (χ3n) is 3.45. The van der Waals surface area contributed by atoms with E-state index in [2.05, 4.69) is 20.3 Å². The van der Waals surface area contributed by atoms with Crippen LogP contribution in [-0.4, -0.2) is 37.4 Å². The molecule has 0 unspecified atom stereocenters. The Balaban J connectivity index is 1.82. The lowest BCUT2D eigenvalue weighted by Crippen LogP contribution is -2.44.